The maximum Gasteiger partial charge on any atom is 0.490 e. The molecular formula is C23H24F3N7O3. The van der Waals surface area contributed by atoms with Crippen LogP contribution >= 0.6 is 0 Å². The minimum atomic E-state index is -5.08. The number of hydrogen-bond acceptors (Lipinski definition) is 8. The summed E-state index contributed by atoms with van der Waals surface area (Å²) in [5, 5.41) is 17.0. The summed E-state index contributed by atoms with van der Waals surface area (Å²) < 4.78 is 39.1. The molecule has 1 aliphatic rings. The molecule has 1 N–H and O–H groups in total. The molecule has 3 aromatic heterocycles. The van der Waals surface area contributed by atoms with Crippen LogP contribution in [0.25, 0.3) is 22.3 Å². The lowest BCUT2D eigenvalue weighted by molar-refractivity contribution is -0.192. The summed E-state index contributed by atoms with van der Waals surface area (Å²) in [6.45, 7) is 4.01. The first-order chi connectivity index (χ1) is 17.1. The highest BCUT2D eigenvalue weighted by Crippen LogP contribution is 2.24. The van der Waals surface area contributed by atoms with Gasteiger partial charge < -0.3 is 19.4 Å². The molecule has 0 radical (unpaired) electrons. The number of piperazine rings is 1. The average molecular weight is 503 g/mol. The van der Waals surface area contributed by atoms with Gasteiger partial charge in [-0.2, -0.15) is 23.3 Å². The Balaban J connectivity index is 0.000000384. The average Bonchev–Trinajstić information content (AvgIpc) is 3.44. The van der Waals surface area contributed by atoms with Crippen molar-refractivity contribution in [2.24, 2.45) is 7.05 Å². The molecule has 1 aliphatic heterocycles. The number of aliphatic carboxylic acids is 1. The normalized spacial score (nSPS) is 14.5. The fraction of sp³-hybridized carbons (Fsp3) is 0.348. The number of nitrogens with zero attached hydrogens (tertiary/aromatic N) is 7. The number of pyridine rings is 1. The van der Waals surface area contributed by atoms with Crippen molar-refractivity contribution in [2.45, 2.75) is 12.6 Å². The Bertz CT molecular complexity index is 1340. The van der Waals surface area contributed by atoms with Crippen molar-refractivity contribution >= 4 is 22.7 Å². The molecule has 4 heterocycles. The van der Waals surface area contributed by atoms with Gasteiger partial charge in [-0.1, -0.05) is 23.4 Å². The van der Waals surface area contributed by atoms with Crippen LogP contribution in [-0.2, 0) is 18.3 Å². The summed E-state index contributed by atoms with van der Waals surface area (Å²) in [6, 6.07) is 12.1. The fourth-order valence-electron chi connectivity index (χ4n) is 3.77. The van der Waals surface area contributed by atoms with Crippen molar-refractivity contribution in [3.05, 3.63) is 54.2 Å². The van der Waals surface area contributed by atoms with Gasteiger partial charge in [-0.05, 0) is 25.2 Å². The second-order valence-electron chi connectivity index (χ2n) is 8.27. The Hall–Kier alpha value is -4.00. The molecule has 1 saturated heterocycles. The van der Waals surface area contributed by atoms with E-state index < -0.39 is 12.1 Å². The number of hydrogen-bond donors (Lipinski definition) is 1. The molecule has 0 unspecified atom stereocenters. The Morgan fingerprint density at radius 1 is 1.11 bits per heavy atom. The van der Waals surface area contributed by atoms with Crippen molar-refractivity contribution in [1.29, 1.82) is 0 Å². The molecule has 190 valence electrons. The first kappa shape index (κ1) is 25.1. The number of carboxylic acids is 1. The molecule has 0 aliphatic carbocycles. The van der Waals surface area contributed by atoms with E-state index in [9.17, 15) is 13.2 Å². The lowest BCUT2D eigenvalue weighted by atomic mass is 10.1. The van der Waals surface area contributed by atoms with E-state index in [1.54, 1.807) is 0 Å². The standard InChI is InChI=1S/C21H23N7O.C2HF3O2/c1-26-9-11-28(12-10-26)19-13-15(7-8-22-19)21-23-20(29-25-21)14-17-16-5-3-4-6-18(16)27(2)24-17;3-2(4,5)1(6)7/h3-8,13H,9-12,14H2,1-2H3;(H,6,7). The van der Waals surface area contributed by atoms with Gasteiger partial charge in [0.25, 0.3) is 0 Å². The number of alkyl halides is 3. The molecule has 5 rings (SSSR count). The molecule has 13 heteroatoms. The van der Waals surface area contributed by atoms with Crippen LogP contribution in [0.2, 0.25) is 0 Å². The van der Waals surface area contributed by atoms with Crippen LogP contribution in [0.15, 0.2) is 47.1 Å². The van der Waals surface area contributed by atoms with Crippen LogP contribution in [0.4, 0.5) is 19.0 Å². The SMILES string of the molecule is CN1CCN(c2cc(-c3noc(Cc4nn(C)c5ccccc45)n3)ccn2)CC1.O=C(O)C(F)(F)F. The second-order valence-corrected chi connectivity index (χ2v) is 8.27. The van der Waals surface area contributed by atoms with Crippen LogP contribution in [0, 0.1) is 0 Å². The maximum absolute atomic E-state index is 10.6. The smallest absolute Gasteiger partial charge is 0.475 e. The largest absolute Gasteiger partial charge is 0.490 e. The molecule has 1 aromatic carbocycles. The van der Waals surface area contributed by atoms with Crippen LogP contribution in [0.1, 0.15) is 11.6 Å². The minimum absolute atomic E-state index is 0.505. The van der Waals surface area contributed by atoms with Gasteiger partial charge in [0.2, 0.25) is 11.7 Å². The monoisotopic (exact) mass is 503 g/mol. The van der Waals surface area contributed by atoms with E-state index in [0.29, 0.717) is 18.1 Å². The summed E-state index contributed by atoms with van der Waals surface area (Å²) in [6.07, 6.45) is -2.77. The quantitative estimate of drug-likeness (QED) is 0.449. The van der Waals surface area contributed by atoms with Crippen molar-refractivity contribution in [2.75, 3.05) is 38.1 Å². The zero-order valence-electron chi connectivity index (χ0n) is 19.6. The summed E-state index contributed by atoms with van der Waals surface area (Å²) in [4.78, 5) is 22.7. The molecule has 0 atom stereocenters. The van der Waals surface area contributed by atoms with E-state index in [1.807, 2.05) is 42.2 Å². The number of fused-ring (bicyclic) bond motifs is 1. The van der Waals surface area contributed by atoms with E-state index in [2.05, 4.69) is 49.2 Å². The van der Waals surface area contributed by atoms with Gasteiger partial charge in [0.1, 0.15) is 5.82 Å². The van der Waals surface area contributed by atoms with Gasteiger partial charge >= 0.3 is 12.1 Å². The third-order valence-corrected chi connectivity index (χ3v) is 5.69. The van der Waals surface area contributed by atoms with Gasteiger partial charge in [-0.25, -0.2) is 9.78 Å². The van der Waals surface area contributed by atoms with Gasteiger partial charge in [-0.3, -0.25) is 4.68 Å². The van der Waals surface area contributed by atoms with Gasteiger partial charge in [-0.15, -0.1) is 0 Å². The zero-order valence-corrected chi connectivity index (χ0v) is 19.6. The summed E-state index contributed by atoms with van der Waals surface area (Å²) in [7, 11) is 4.09. The molecule has 10 nitrogen and oxygen atoms in total. The van der Waals surface area contributed by atoms with Crippen molar-refractivity contribution in [3.63, 3.8) is 0 Å². The number of para-hydroxylation sites is 1. The third-order valence-electron chi connectivity index (χ3n) is 5.69. The predicted octanol–water partition coefficient (Wildman–Crippen LogP) is 2.99. The number of aromatic nitrogens is 5. The lowest BCUT2D eigenvalue weighted by Crippen LogP contribution is -2.44. The van der Waals surface area contributed by atoms with E-state index in [-0.39, 0.29) is 0 Å². The molecule has 0 saturated carbocycles. The molecule has 0 amide bonds. The van der Waals surface area contributed by atoms with Crippen molar-refractivity contribution < 1.29 is 27.6 Å². The van der Waals surface area contributed by atoms with E-state index >= 15 is 0 Å². The summed E-state index contributed by atoms with van der Waals surface area (Å²) >= 11 is 0. The Morgan fingerprint density at radius 3 is 2.50 bits per heavy atom. The van der Waals surface area contributed by atoms with Crippen molar-refractivity contribution in [1.82, 2.24) is 29.8 Å². The van der Waals surface area contributed by atoms with Crippen molar-refractivity contribution in [3.8, 4) is 11.4 Å². The number of likely N-dealkylation sites (N-methyl/N-ethyl adjacent to an activating group) is 1. The number of rotatable bonds is 4. The maximum atomic E-state index is 10.6. The van der Waals surface area contributed by atoms with Gasteiger partial charge in [0, 0.05) is 50.4 Å². The highest BCUT2D eigenvalue weighted by molar-refractivity contribution is 5.82. The molecular weight excluding hydrogens is 479 g/mol. The number of carboxylic acid groups (broad SMARTS) is 1. The second kappa shape index (κ2) is 10.3. The predicted molar refractivity (Wildman–Crippen MR) is 124 cm³/mol. The van der Waals surface area contributed by atoms with Crippen LogP contribution in [0.3, 0.4) is 0 Å². The van der Waals surface area contributed by atoms with Crippen LogP contribution in [0.5, 0.6) is 0 Å². The first-order valence-electron chi connectivity index (χ1n) is 11.0. The molecule has 0 bridgehead atoms. The zero-order chi connectivity index (χ0) is 25.9. The van der Waals surface area contributed by atoms with E-state index in [1.165, 1.54) is 0 Å². The number of anilines is 1. The number of benzene rings is 1. The fourth-order valence-corrected chi connectivity index (χ4v) is 3.77. The summed E-state index contributed by atoms with van der Waals surface area (Å²) in [5.41, 5.74) is 2.94. The highest BCUT2D eigenvalue weighted by atomic mass is 19.4. The minimum Gasteiger partial charge on any atom is -0.475 e. The topological polar surface area (TPSA) is 113 Å². The highest BCUT2D eigenvalue weighted by Gasteiger charge is 2.38. The first-order valence-corrected chi connectivity index (χ1v) is 11.0. The number of aryl methyl sites for hydroxylation is 1. The number of carbonyl (C=O) groups is 1. The van der Waals surface area contributed by atoms with Gasteiger partial charge in [0.05, 0.1) is 17.6 Å². The molecule has 0 spiro atoms. The third kappa shape index (κ3) is 5.79. The van der Waals surface area contributed by atoms with Crippen LogP contribution < -0.4 is 4.90 Å². The van der Waals surface area contributed by atoms with E-state index in [0.717, 1.165) is 54.2 Å². The Morgan fingerprint density at radius 2 is 1.81 bits per heavy atom. The van der Waals surface area contributed by atoms with Gasteiger partial charge in [0.15, 0.2) is 0 Å². The van der Waals surface area contributed by atoms with E-state index in [4.69, 9.17) is 14.4 Å². The van der Waals surface area contributed by atoms with Crippen LogP contribution in [-0.4, -0.2) is 80.3 Å². The Labute approximate surface area is 203 Å². The summed E-state index contributed by atoms with van der Waals surface area (Å²) in [5.74, 6) is -0.662. The molecule has 1 fully saturated rings. The molecule has 36 heavy (non-hydrogen) atoms. The lowest BCUT2D eigenvalue weighted by Gasteiger charge is -2.33. The Kier molecular flexibility index (Phi) is 7.20. The number of halogens is 3. The molecule has 4 aromatic rings.